The highest BCUT2D eigenvalue weighted by Crippen LogP contribution is 2.22. The quantitative estimate of drug-likeness (QED) is 0.632. The molecule has 0 spiro atoms. The average molecular weight is 234 g/mol. The van der Waals surface area contributed by atoms with Crippen LogP contribution in [0.15, 0.2) is 0 Å². The molecule has 1 saturated heterocycles. The smallest absolute Gasteiger partial charge is 0.186 e. The standard InChI is InChI=1S/C11H22O5/c1-6(2)4-5-15-11-10(14)9(13)8(12)7(3)16-11/h6-14H,4-5H2,1-3H3/t7?,8-,9?,10?,11-/m1/s1. The fourth-order valence-corrected chi connectivity index (χ4v) is 1.57. The third-order valence-electron chi connectivity index (χ3n) is 2.79. The van der Waals surface area contributed by atoms with Gasteiger partial charge in [-0.05, 0) is 19.3 Å². The van der Waals surface area contributed by atoms with Crippen LogP contribution < -0.4 is 0 Å². The maximum Gasteiger partial charge on any atom is 0.186 e. The zero-order valence-electron chi connectivity index (χ0n) is 10.0. The average Bonchev–Trinajstić information content (AvgIpc) is 2.22. The molecule has 5 atom stereocenters. The monoisotopic (exact) mass is 234 g/mol. The van der Waals surface area contributed by atoms with Crippen molar-refractivity contribution in [1.82, 2.24) is 0 Å². The zero-order valence-corrected chi connectivity index (χ0v) is 10.0. The van der Waals surface area contributed by atoms with E-state index in [-0.39, 0.29) is 0 Å². The van der Waals surface area contributed by atoms with Crippen LogP contribution in [0, 0.1) is 5.92 Å². The molecular weight excluding hydrogens is 212 g/mol. The van der Waals surface area contributed by atoms with Crippen LogP contribution in [0.25, 0.3) is 0 Å². The first-order chi connectivity index (χ1) is 7.43. The first kappa shape index (κ1) is 13.9. The highest BCUT2D eigenvalue weighted by molar-refractivity contribution is 4.87. The summed E-state index contributed by atoms with van der Waals surface area (Å²) in [6.45, 7) is 6.25. The third kappa shape index (κ3) is 3.40. The Morgan fingerprint density at radius 3 is 2.31 bits per heavy atom. The van der Waals surface area contributed by atoms with Crippen LogP contribution >= 0.6 is 0 Å². The predicted molar refractivity (Wildman–Crippen MR) is 57.8 cm³/mol. The minimum Gasteiger partial charge on any atom is -0.388 e. The van der Waals surface area contributed by atoms with Crippen LogP contribution in [0.2, 0.25) is 0 Å². The molecule has 0 amide bonds. The number of hydrogen-bond acceptors (Lipinski definition) is 5. The topological polar surface area (TPSA) is 79.2 Å². The summed E-state index contributed by atoms with van der Waals surface area (Å²) in [4.78, 5) is 0. The molecule has 0 bridgehead atoms. The summed E-state index contributed by atoms with van der Waals surface area (Å²) < 4.78 is 10.6. The highest BCUT2D eigenvalue weighted by Gasteiger charge is 2.42. The minimum atomic E-state index is -1.22. The van der Waals surface area contributed by atoms with Crippen LogP contribution in [-0.2, 0) is 9.47 Å². The van der Waals surface area contributed by atoms with E-state index in [1.54, 1.807) is 6.92 Å². The number of aliphatic hydroxyl groups excluding tert-OH is 3. The van der Waals surface area contributed by atoms with Crippen molar-refractivity contribution in [1.29, 1.82) is 0 Å². The first-order valence-electron chi connectivity index (χ1n) is 5.74. The molecule has 0 aromatic rings. The van der Waals surface area contributed by atoms with E-state index in [2.05, 4.69) is 13.8 Å². The molecule has 0 aromatic heterocycles. The van der Waals surface area contributed by atoms with Gasteiger partial charge in [0.1, 0.15) is 18.3 Å². The van der Waals surface area contributed by atoms with Gasteiger partial charge in [0.05, 0.1) is 12.7 Å². The Morgan fingerprint density at radius 2 is 1.75 bits per heavy atom. The van der Waals surface area contributed by atoms with Crippen LogP contribution in [0.4, 0.5) is 0 Å². The SMILES string of the molecule is CC(C)CCO[C@@H]1OC(C)[C@@H](O)C(O)C1O. The van der Waals surface area contributed by atoms with Gasteiger partial charge in [0.25, 0.3) is 0 Å². The molecule has 1 fully saturated rings. The number of ether oxygens (including phenoxy) is 2. The molecule has 96 valence electrons. The molecule has 1 heterocycles. The summed E-state index contributed by atoms with van der Waals surface area (Å²) in [6, 6.07) is 0. The second-order valence-corrected chi connectivity index (χ2v) is 4.73. The van der Waals surface area contributed by atoms with E-state index in [4.69, 9.17) is 9.47 Å². The van der Waals surface area contributed by atoms with Gasteiger partial charge in [-0.25, -0.2) is 0 Å². The van der Waals surface area contributed by atoms with E-state index < -0.39 is 30.7 Å². The Balaban J connectivity index is 2.41. The zero-order chi connectivity index (χ0) is 12.3. The lowest BCUT2D eigenvalue weighted by Crippen LogP contribution is -2.57. The van der Waals surface area contributed by atoms with Crippen LogP contribution in [0.5, 0.6) is 0 Å². The van der Waals surface area contributed by atoms with Gasteiger partial charge in [0.2, 0.25) is 0 Å². The molecule has 5 nitrogen and oxygen atoms in total. The fraction of sp³-hybridized carbons (Fsp3) is 1.00. The van der Waals surface area contributed by atoms with E-state index in [1.165, 1.54) is 0 Å². The van der Waals surface area contributed by atoms with Gasteiger partial charge in [-0.1, -0.05) is 13.8 Å². The van der Waals surface area contributed by atoms with Crippen molar-refractivity contribution >= 4 is 0 Å². The van der Waals surface area contributed by atoms with Gasteiger partial charge >= 0.3 is 0 Å². The third-order valence-corrected chi connectivity index (χ3v) is 2.79. The second-order valence-electron chi connectivity index (χ2n) is 4.73. The molecule has 0 saturated carbocycles. The Bertz CT molecular complexity index is 209. The molecule has 0 aliphatic carbocycles. The molecule has 3 unspecified atom stereocenters. The van der Waals surface area contributed by atoms with Crippen molar-refractivity contribution in [2.45, 2.75) is 57.9 Å². The number of aliphatic hydroxyl groups is 3. The summed E-state index contributed by atoms with van der Waals surface area (Å²) in [5.41, 5.74) is 0. The summed E-state index contributed by atoms with van der Waals surface area (Å²) in [5.74, 6) is 0.508. The van der Waals surface area contributed by atoms with Gasteiger partial charge in [0, 0.05) is 0 Å². The molecule has 1 rings (SSSR count). The van der Waals surface area contributed by atoms with Gasteiger partial charge in [0.15, 0.2) is 6.29 Å². The fourth-order valence-electron chi connectivity index (χ4n) is 1.57. The van der Waals surface area contributed by atoms with E-state index in [1.807, 2.05) is 0 Å². The molecule has 16 heavy (non-hydrogen) atoms. The van der Waals surface area contributed by atoms with Crippen molar-refractivity contribution in [2.75, 3.05) is 6.61 Å². The van der Waals surface area contributed by atoms with Crippen LogP contribution in [0.1, 0.15) is 27.2 Å². The van der Waals surface area contributed by atoms with Crippen molar-refractivity contribution in [3.05, 3.63) is 0 Å². The van der Waals surface area contributed by atoms with Crippen molar-refractivity contribution in [2.24, 2.45) is 5.92 Å². The molecule has 3 N–H and O–H groups in total. The van der Waals surface area contributed by atoms with E-state index in [0.29, 0.717) is 12.5 Å². The maximum absolute atomic E-state index is 9.63. The number of hydrogen-bond donors (Lipinski definition) is 3. The molecule has 1 aliphatic heterocycles. The Morgan fingerprint density at radius 1 is 1.12 bits per heavy atom. The normalized spacial score (nSPS) is 40.3. The summed E-state index contributed by atoms with van der Waals surface area (Å²) >= 11 is 0. The lowest BCUT2D eigenvalue weighted by molar-refractivity contribution is -0.293. The molecular formula is C11H22O5. The van der Waals surface area contributed by atoms with Crippen molar-refractivity contribution < 1.29 is 24.8 Å². The highest BCUT2D eigenvalue weighted by atomic mass is 16.7. The molecule has 1 aliphatic rings. The minimum absolute atomic E-state index is 0.467. The first-order valence-corrected chi connectivity index (χ1v) is 5.74. The lowest BCUT2D eigenvalue weighted by Gasteiger charge is -2.39. The van der Waals surface area contributed by atoms with E-state index in [9.17, 15) is 15.3 Å². The molecule has 0 aromatic carbocycles. The second kappa shape index (κ2) is 5.93. The Labute approximate surface area is 96.0 Å². The van der Waals surface area contributed by atoms with Crippen molar-refractivity contribution in [3.63, 3.8) is 0 Å². The lowest BCUT2D eigenvalue weighted by atomic mass is 10.00. The van der Waals surface area contributed by atoms with Crippen molar-refractivity contribution in [3.8, 4) is 0 Å². The summed E-state index contributed by atoms with van der Waals surface area (Å²) in [6.07, 6.45) is -4.01. The van der Waals surface area contributed by atoms with Gasteiger partial charge in [-0.2, -0.15) is 0 Å². The van der Waals surface area contributed by atoms with Crippen LogP contribution in [0.3, 0.4) is 0 Å². The maximum atomic E-state index is 9.63. The molecule has 5 heteroatoms. The van der Waals surface area contributed by atoms with Gasteiger partial charge < -0.3 is 24.8 Å². The summed E-state index contributed by atoms with van der Waals surface area (Å²) in [7, 11) is 0. The number of rotatable bonds is 4. The van der Waals surface area contributed by atoms with E-state index >= 15 is 0 Å². The van der Waals surface area contributed by atoms with Crippen LogP contribution in [-0.4, -0.2) is 52.6 Å². The van der Waals surface area contributed by atoms with Gasteiger partial charge in [-0.3, -0.25) is 0 Å². The largest absolute Gasteiger partial charge is 0.388 e. The van der Waals surface area contributed by atoms with Gasteiger partial charge in [-0.15, -0.1) is 0 Å². The predicted octanol–water partition coefficient (Wildman–Crippen LogP) is -0.123. The summed E-state index contributed by atoms with van der Waals surface area (Å²) in [5, 5.41) is 28.6. The Hall–Kier alpha value is -0.200. The Kier molecular flexibility index (Phi) is 5.14. The van der Waals surface area contributed by atoms with E-state index in [0.717, 1.165) is 6.42 Å². The molecule has 0 radical (unpaired) electrons.